The van der Waals surface area contributed by atoms with Gasteiger partial charge in [0.2, 0.25) is 0 Å². The van der Waals surface area contributed by atoms with Crippen molar-refractivity contribution in [2.24, 2.45) is 0 Å². The smallest absolute Gasteiger partial charge is 0.158 e. The number of hydrogen-bond acceptors (Lipinski definition) is 2. The van der Waals surface area contributed by atoms with E-state index in [0.717, 1.165) is 6.42 Å². The Labute approximate surface area is 113 Å². The summed E-state index contributed by atoms with van der Waals surface area (Å²) >= 11 is 0. The lowest BCUT2D eigenvalue weighted by Crippen LogP contribution is -2.12. The van der Waals surface area contributed by atoms with Gasteiger partial charge < -0.3 is 9.47 Å². The summed E-state index contributed by atoms with van der Waals surface area (Å²) in [5, 5.41) is 2.53. The van der Waals surface area contributed by atoms with Crippen LogP contribution in [0.15, 0.2) is 55.1 Å². The van der Waals surface area contributed by atoms with Crippen LogP contribution in [0, 0.1) is 0 Å². The number of hydrogen-bond donors (Lipinski definition) is 0. The molecule has 1 aliphatic rings. The van der Waals surface area contributed by atoms with E-state index in [1.165, 1.54) is 16.3 Å². The highest BCUT2D eigenvalue weighted by Crippen LogP contribution is 2.28. The summed E-state index contributed by atoms with van der Waals surface area (Å²) in [6.45, 7) is 5.35. The highest BCUT2D eigenvalue weighted by atomic mass is 16.7. The summed E-state index contributed by atoms with van der Waals surface area (Å²) in [6, 6.07) is 15.0. The fourth-order valence-corrected chi connectivity index (χ4v) is 2.56. The van der Waals surface area contributed by atoms with Crippen molar-refractivity contribution in [2.75, 3.05) is 13.2 Å². The molecular weight excluding hydrogens is 236 g/mol. The predicted molar refractivity (Wildman–Crippen MR) is 77.2 cm³/mol. The number of allylic oxidation sites excluding steroid dienone is 1. The maximum Gasteiger partial charge on any atom is 0.158 e. The van der Waals surface area contributed by atoms with Gasteiger partial charge in [-0.15, -0.1) is 6.58 Å². The van der Waals surface area contributed by atoms with Crippen molar-refractivity contribution in [3.05, 3.63) is 60.7 Å². The highest BCUT2D eigenvalue weighted by molar-refractivity contribution is 5.83. The van der Waals surface area contributed by atoms with Crippen LogP contribution in [-0.4, -0.2) is 19.5 Å². The van der Waals surface area contributed by atoms with Gasteiger partial charge in [-0.25, -0.2) is 0 Å². The molecule has 2 aromatic rings. The van der Waals surface area contributed by atoms with E-state index in [2.05, 4.69) is 49.0 Å². The van der Waals surface area contributed by atoms with Crippen LogP contribution < -0.4 is 0 Å². The number of ether oxygens (including phenoxy) is 2. The van der Waals surface area contributed by atoms with Crippen molar-refractivity contribution in [3.63, 3.8) is 0 Å². The summed E-state index contributed by atoms with van der Waals surface area (Å²) in [7, 11) is 0. The number of benzene rings is 2. The Morgan fingerprint density at radius 2 is 1.84 bits per heavy atom. The molecule has 0 bridgehead atoms. The van der Waals surface area contributed by atoms with Gasteiger partial charge in [0, 0.05) is 12.3 Å². The Hall–Kier alpha value is -1.64. The van der Waals surface area contributed by atoms with E-state index >= 15 is 0 Å². The predicted octanol–water partition coefficient (Wildman–Crippen LogP) is 3.87. The van der Waals surface area contributed by atoms with Gasteiger partial charge in [-0.1, -0.05) is 48.5 Å². The monoisotopic (exact) mass is 254 g/mol. The summed E-state index contributed by atoms with van der Waals surface area (Å²) in [6.07, 6.45) is 2.73. The molecule has 0 aromatic heterocycles. The Bertz CT molecular complexity index is 570. The molecule has 3 rings (SSSR count). The third kappa shape index (κ3) is 2.70. The van der Waals surface area contributed by atoms with Crippen molar-refractivity contribution in [1.82, 2.24) is 0 Å². The molecule has 19 heavy (non-hydrogen) atoms. The van der Waals surface area contributed by atoms with Crippen LogP contribution in [0.5, 0.6) is 0 Å². The number of rotatable bonds is 4. The quantitative estimate of drug-likeness (QED) is 0.771. The molecule has 1 aliphatic heterocycles. The fraction of sp³-hybridized carbons (Fsp3) is 0.294. The molecule has 1 heterocycles. The average molecular weight is 254 g/mol. The molecular formula is C17H18O2. The second-order valence-electron chi connectivity index (χ2n) is 4.86. The van der Waals surface area contributed by atoms with E-state index < -0.39 is 0 Å². The number of fused-ring (bicyclic) bond motifs is 1. The molecule has 2 aromatic carbocycles. The molecule has 1 atom stereocenters. The molecule has 0 N–H and O–H groups in total. The molecule has 2 nitrogen and oxygen atoms in total. The Morgan fingerprint density at radius 1 is 1.11 bits per heavy atom. The lowest BCUT2D eigenvalue weighted by atomic mass is 9.93. The average Bonchev–Trinajstić information content (AvgIpc) is 2.97. The van der Waals surface area contributed by atoms with Crippen LogP contribution >= 0.6 is 0 Å². The second-order valence-corrected chi connectivity index (χ2v) is 4.86. The minimum absolute atomic E-state index is 0.0885. The van der Waals surface area contributed by atoms with E-state index in [0.29, 0.717) is 13.2 Å². The molecule has 0 unspecified atom stereocenters. The van der Waals surface area contributed by atoms with Gasteiger partial charge >= 0.3 is 0 Å². The maximum absolute atomic E-state index is 5.52. The van der Waals surface area contributed by atoms with Crippen LogP contribution in [-0.2, 0) is 9.47 Å². The maximum atomic E-state index is 5.52. The first-order chi connectivity index (χ1) is 9.36. The summed E-state index contributed by atoms with van der Waals surface area (Å²) in [5.41, 5.74) is 1.27. The molecule has 98 valence electrons. The summed E-state index contributed by atoms with van der Waals surface area (Å²) in [4.78, 5) is 0. The van der Waals surface area contributed by atoms with Crippen molar-refractivity contribution in [3.8, 4) is 0 Å². The lowest BCUT2D eigenvalue weighted by molar-refractivity contribution is -0.0486. The Morgan fingerprint density at radius 3 is 2.58 bits per heavy atom. The molecule has 0 aliphatic carbocycles. The third-order valence-corrected chi connectivity index (χ3v) is 3.62. The lowest BCUT2D eigenvalue weighted by Gasteiger charge is -2.17. The molecule has 0 spiro atoms. The SMILES string of the molecule is C=C[C@H](CC1OCCO1)c1ccc2ccccc2c1. The first-order valence-corrected chi connectivity index (χ1v) is 6.71. The zero-order chi connectivity index (χ0) is 13.1. The van der Waals surface area contributed by atoms with Crippen LogP contribution in [0.25, 0.3) is 10.8 Å². The molecule has 0 radical (unpaired) electrons. The zero-order valence-electron chi connectivity index (χ0n) is 10.9. The molecule has 1 saturated heterocycles. The summed E-state index contributed by atoms with van der Waals surface area (Å²) < 4.78 is 11.0. The van der Waals surface area contributed by atoms with Crippen molar-refractivity contribution in [2.45, 2.75) is 18.6 Å². The first kappa shape index (κ1) is 12.4. The van der Waals surface area contributed by atoms with Crippen LogP contribution in [0.4, 0.5) is 0 Å². The Balaban J connectivity index is 1.85. The van der Waals surface area contributed by atoms with Crippen LogP contribution in [0.3, 0.4) is 0 Å². The third-order valence-electron chi connectivity index (χ3n) is 3.62. The fourth-order valence-electron chi connectivity index (χ4n) is 2.56. The normalized spacial score (nSPS) is 17.7. The minimum atomic E-state index is -0.0885. The van der Waals surface area contributed by atoms with E-state index in [-0.39, 0.29) is 12.2 Å². The van der Waals surface area contributed by atoms with Crippen LogP contribution in [0.2, 0.25) is 0 Å². The molecule has 0 amide bonds. The van der Waals surface area contributed by atoms with E-state index in [1.807, 2.05) is 6.08 Å². The standard InChI is InChI=1S/C17H18O2/c1-2-13(12-17-18-9-10-19-17)16-8-7-14-5-3-4-6-15(14)11-16/h2-8,11,13,17H,1,9-10,12H2/t13-/m1/s1. The van der Waals surface area contributed by atoms with Crippen molar-refractivity contribution >= 4 is 10.8 Å². The van der Waals surface area contributed by atoms with Gasteiger partial charge in [-0.3, -0.25) is 0 Å². The van der Waals surface area contributed by atoms with Gasteiger partial charge in [0.15, 0.2) is 6.29 Å². The van der Waals surface area contributed by atoms with Gasteiger partial charge in [-0.05, 0) is 16.3 Å². The Kier molecular flexibility index (Phi) is 3.62. The van der Waals surface area contributed by atoms with Gasteiger partial charge in [-0.2, -0.15) is 0 Å². The zero-order valence-corrected chi connectivity index (χ0v) is 10.9. The highest BCUT2D eigenvalue weighted by Gasteiger charge is 2.20. The van der Waals surface area contributed by atoms with E-state index in [4.69, 9.17) is 9.47 Å². The molecule has 1 fully saturated rings. The largest absolute Gasteiger partial charge is 0.350 e. The first-order valence-electron chi connectivity index (χ1n) is 6.71. The van der Waals surface area contributed by atoms with Gasteiger partial charge in [0.1, 0.15) is 0 Å². The topological polar surface area (TPSA) is 18.5 Å². The molecule has 2 heteroatoms. The van der Waals surface area contributed by atoms with Crippen LogP contribution in [0.1, 0.15) is 17.9 Å². The van der Waals surface area contributed by atoms with Gasteiger partial charge in [0.05, 0.1) is 13.2 Å². The molecule has 0 saturated carbocycles. The van der Waals surface area contributed by atoms with Gasteiger partial charge in [0.25, 0.3) is 0 Å². The summed E-state index contributed by atoms with van der Waals surface area (Å²) in [5.74, 6) is 0.271. The van der Waals surface area contributed by atoms with Crippen molar-refractivity contribution < 1.29 is 9.47 Å². The minimum Gasteiger partial charge on any atom is -0.350 e. The van der Waals surface area contributed by atoms with E-state index in [9.17, 15) is 0 Å². The van der Waals surface area contributed by atoms with E-state index in [1.54, 1.807) is 0 Å². The van der Waals surface area contributed by atoms with Crippen molar-refractivity contribution in [1.29, 1.82) is 0 Å². The second kappa shape index (κ2) is 5.55.